The topological polar surface area (TPSA) is 3.24 Å². The van der Waals surface area contributed by atoms with Crippen LogP contribution in [0, 0.1) is 0 Å². The van der Waals surface area contributed by atoms with Gasteiger partial charge >= 0.3 is 0 Å². The van der Waals surface area contributed by atoms with E-state index in [4.69, 9.17) is 0 Å². The predicted octanol–water partition coefficient (Wildman–Crippen LogP) is 3.18. The van der Waals surface area contributed by atoms with Crippen molar-refractivity contribution in [2.45, 2.75) is 26.3 Å². The Hall–Kier alpha value is -1.08. The van der Waals surface area contributed by atoms with Crippen LogP contribution in [-0.4, -0.2) is 24.5 Å². The van der Waals surface area contributed by atoms with E-state index >= 15 is 0 Å². The number of likely N-dealkylation sites (N-methyl/N-ethyl adjacent to an activating group) is 1. The van der Waals surface area contributed by atoms with Crippen LogP contribution in [0.4, 0.5) is 0 Å². The Morgan fingerprint density at radius 3 is 2.53 bits per heavy atom. The molecule has 2 rings (SSSR count). The Morgan fingerprint density at radius 2 is 1.87 bits per heavy atom. The fourth-order valence-electron chi connectivity index (χ4n) is 2.25. The van der Waals surface area contributed by atoms with Crippen molar-refractivity contribution in [1.82, 2.24) is 4.90 Å². The van der Waals surface area contributed by atoms with Crippen molar-refractivity contribution in [3.63, 3.8) is 0 Å². The van der Waals surface area contributed by atoms with Gasteiger partial charge in [-0.2, -0.15) is 0 Å². The smallest absolute Gasteiger partial charge is 0.0196 e. The van der Waals surface area contributed by atoms with Gasteiger partial charge in [0.25, 0.3) is 0 Å². The molecule has 0 saturated carbocycles. The van der Waals surface area contributed by atoms with Gasteiger partial charge in [-0.3, -0.25) is 4.90 Å². The second-order valence-corrected chi connectivity index (χ2v) is 4.59. The van der Waals surface area contributed by atoms with E-state index in [9.17, 15) is 0 Å². The van der Waals surface area contributed by atoms with Gasteiger partial charge in [-0.25, -0.2) is 0 Å². The van der Waals surface area contributed by atoms with Crippen LogP contribution in [0.5, 0.6) is 0 Å². The summed E-state index contributed by atoms with van der Waals surface area (Å²) in [6.07, 6.45) is 1.17. The lowest BCUT2D eigenvalue weighted by Gasteiger charge is -2.32. The van der Waals surface area contributed by atoms with Crippen LogP contribution < -0.4 is 0 Å². The molecular formula is C14H19N. The third kappa shape index (κ3) is 2.13. The molecule has 0 aromatic heterocycles. The molecule has 0 saturated heterocycles. The summed E-state index contributed by atoms with van der Waals surface area (Å²) < 4.78 is 0. The molecule has 1 atom stereocenters. The monoisotopic (exact) mass is 201 g/mol. The van der Waals surface area contributed by atoms with E-state index in [2.05, 4.69) is 56.1 Å². The molecule has 0 amide bonds. The average Bonchev–Trinajstić information content (AvgIpc) is 2.25. The van der Waals surface area contributed by atoms with Crippen molar-refractivity contribution < 1.29 is 0 Å². The quantitative estimate of drug-likeness (QED) is 0.674. The molecule has 0 aliphatic carbocycles. The minimum Gasteiger partial charge on any atom is -0.299 e. The molecule has 1 heteroatoms. The zero-order valence-electron chi connectivity index (χ0n) is 9.83. The van der Waals surface area contributed by atoms with Gasteiger partial charge in [0.1, 0.15) is 0 Å². The first-order valence-electron chi connectivity index (χ1n) is 5.63. The van der Waals surface area contributed by atoms with E-state index in [0.29, 0.717) is 6.04 Å². The van der Waals surface area contributed by atoms with E-state index in [-0.39, 0.29) is 0 Å². The molecule has 1 aromatic carbocycles. The van der Waals surface area contributed by atoms with Crippen LogP contribution in [0.2, 0.25) is 0 Å². The maximum absolute atomic E-state index is 2.42. The van der Waals surface area contributed by atoms with Gasteiger partial charge in [-0.05, 0) is 38.5 Å². The predicted molar refractivity (Wildman–Crippen MR) is 65.7 cm³/mol. The third-order valence-corrected chi connectivity index (χ3v) is 3.38. The van der Waals surface area contributed by atoms with Gasteiger partial charge in [0.15, 0.2) is 0 Å². The number of hydrogen-bond donors (Lipinski definition) is 0. The highest BCUT2D eigenvalue weighted by Gasteiger charge is 2.20. The van der Waals surface area contributed by atoms with E-state index < -0.39 is 0 Å². The van der Waals surface area contributed by atoms with Crippen LogP contribution >= 0.6 is 0 Å². The van der Waals surface area contributed by atoms with Crippen molar-refractivity contribution >= 4 is 5.57 Å². The molecule has 1 aliphatic heterocycles. The van der Waals surface area contributed by atoms with E-state index in [0.717, 1.165) is 6.54 Å². The second-order valence-electron chi connectivity index (χ2n) is 4.59. The van der Waals surface area contributed by atoms with Crippen LogP contribution in [0.25, 0.3) is 5.57 Å². The molecule has 0 bridgehead atoms. The third-order valence-electron chi connectivity index (χ3n) is 3.38. The van der Waals surface area contributed by atoms with Crippen molar-refractivity contribution in [3.05, 3.63) is 41.5 Å². The maximum atomic E-state index is 2.42. The molecule has 1 heterocycles. The summed E-state index contributed by atoms with van der Waals surface area (Å²) in [5, 5.41) is 0. The Labute approximate surface area is 92.4 Å². The Morgan fingerprint density at radius 1 is 1.20 bits per heavy atom. The van der Waals surface area contributed by atoms with Crippen LogP contribution in [0.15, 0.2) is 35.9 Å². The summed E-state index contributed by atoms with van der Waals surface area (Å²) in [6, 6.07) is 11.4. The minimum absolute atomic E-state index is 0.656. The zero-order chi connectivity index (χ0) is 10.8. The molecule has 1 unspecified atom stereocenters. The van der Waals surface area contributed by atoms with Gasteiger partial charge in [-0.15, -0.1) is 0 Å². The van der Waals surface area contributed by atoms with Crippen LogP contribution in [0.1, 0.15) is 25.8 Å². The van der Waals surface area contributed by atoms with Gasteiger partial charge in [0, 0.05) is 12.6 Å². The lowest BCUT2D eigenvalue weighted by molar-refractivity contribution is 0.271. The lowest BCUT2D eigenvalue weighted by Crippen LogP contribution is -2.34. The molecule has 1 aromatic rings. The largest absolute Gasteiger partial charge is 0.299 e. The normalized spacial score (nSPS) is 23.3. The molecule has 0 N–H and O–H groups in total. The van der Waals surface area contributed by atoms with E-state index in [1.165, 1.54) is 17.6 Å². The van der Waals surface area contributed by atoms with Crippen molar-refractivity contribution in [1.29, 1.82) is 0 Å². The van der Waals surface area contributed by atoms with Gasteiger partial charge in [-0.1, -0.05) is 35.9 Å². The summed E-state index contributed by atoms with van der Waals surface area (Å²) in [5.41, 5.74) is 4.46. The molecule has 1 nitrogen and oxygen atoms in total. The fraction of sp³-hybridized carbons (Fsp3) is 0.429. The first kappa shape index (κ1) is 10.4. The maximum Gasteiger partial charge on any atom is 0.0196 e. The highest BCUT2D eigenvalue weighted by atomic mass is 15.1. The summed E-state index contributed by atoms with van der Waals surface area (Å²) in [5.74, 6) is 0. The standard InChI is InChI=1S/C14H19N/c1-11-10-15(3)12(2)9-14(11)13-7-5-4-6-8-13/h4-8,12H,9-10H2,1-3H3. The molecule has 1 aliphatic rings. The lowest BCUT2D eigenvalue weighted by atomic mass is 9.91. The summed E-state index contributed by atoms with van der Waals surface area (Å²) in [7, 11) is 2.20. The molecule has 0 radical (unpaired) electrons. The highest BCUT2D eigenvalue weighted by molar-refractivity contribution is 5.69. The molecule has 80 valence electrons. The van der Waals surface area contributed by atoms with E-state index in [1.54, 1.807) is 5.57 Å². The van der Waals surface area contributed by atoms with Crippen molar-refractivity contribution in [3.8, 4) is 0 Å². The summed E-state index contributed by atoms with van der Waals surface area (Å²) in [4.78, 5) is 2.42. The fourth-order valence-corrected chi connectivity index (χ4v) is 2.25. The SMILES string of the molecule is CC1=C(c2ccccc2)CC(C)N(C)C1. The zero-order valence-corrected chi connectivity index (χ0v) is 9.83. The number of rotatable bonds is 1. The summed E-state index contributed by atoms with van der Waals surface area (Å²) >= 11 is 0. The minimum atomic E-state index is 0.656. The Kier molecular flexibility index (Phi) is 2.92. The van der Waals surface area contributed by atoms with Gasteiger partial charge < -0.3 is 0 Å². The second kappa shape index (κ2) is 4.19. The average molecular weight is 201 g/mol. The molecular weight excluding hydrogens is 182 g/mol. The summed E-state index contributed by atoms with van der Waals surface area (Å²) in [6.45, 7) is 5.66. The Bertz CT molecular complexity index is 364. The Balaban J connectivity index is 2.33. The van der Waals surface area contributed by atoms with Crippen LogP contribution in [-0.2, 0) is 0 Å². The number of benzene rings is 1. The first-order chi connectivity index (χ1) is 7.18. The molecule has 15 heavy (non-hydrogen) atoms. The van der Waals surface area contributed by atoms with Gasteiger partial charge in [0.05, 0.1) is 0 Å². The number of nitrogens with zero attached hydrogens (tertiary/aromatic N) is 1. The highest BCUT2D eigenvalue weighted by Crippen LogP contribution is 2.29. The first-order valence-corrected chi connectivity index (χ1v) is 5.63. The van der Waals surface area contributed by atoms with E-state index in [1.807, 2.05) is 0 Å². The number of hydrogen-bond acceptors (Lipinski definition) is 1. The van der Waals surface area contributed by atoms with Crippen molar-refractivity contribution in [2.24, 2.45) is 0 Å². The molecule has 0 spiro atoms. The van der Waals surface area contributed by atoms with Crippen LogP contribution in [0.3, 0.4) is 0 Å². The van der Waals surface area contributed by atoms with Gasteiger partial charge in [0.2, 0.25) is 0 Å². The molecule has 0 fully saturated rings. The van der Waals surface area contributed by atoms with Crippen molar-refractivity contribution in [2.75, 3.05) is 13.6 Å².